The van der Waals surface area contributed by atoms with Gasteiger partial charge in [-0.2, -0.15) is 4.37 Å². The average molecular weight is 267 g/mol. The van der Waals surface area contributed by atoms with Crippen LogP contribution in [0.1, 0.15) is 44.9 Å². The van der Waals surface area contributed by atoms with Crippen molar-refractivity contribution < 1.29 is 5.11 Å². The molecule has 2 fully saturated rings. The Balaban J connectivity index is 1.78. The fourth-order valence-corrected chi connectivity index (χ4v) is 4.23. The van der Waals surface area contributed by atoms with Crippen molar-refractivity contribution in [2.45, 2.75) is 57.6 Å². The van der Waals surface area contributed by atoms with E-state index < -0.39 is 0 Å². The lowest BCUT2D eigenvalue weighted by Gasteiger charge is -2.30. The molecule has 1 saturated heterocycles. The van der Waals surface area contributed by atoms with E-state index in [1.807, 2.05) is 0 Å². The highest BCUT2D eigenvalue weighted by molar-refractivity contribution is 7.09. The molecule has 1 aliphatic carbocycles. The predicted molar refractivity (Wildman–Crippen MR) is 73.0 cm³/mol. The van der Waals surface area contributed by atoms with Crippen molar-refractivity contribution in [3.63, 3.8) is 0 Å². The van der Waals surface area contributed by atoms with E-state index >= 15 is 0 Å². The van der Waals surface area contributed by atoms with Gasteiger partial charge in [-0.25, -0.2) is 4.98 Å². The summed E-state index contributed by atoms with van der Waals surface area (Å²) in [4.78, 5) is 7.01. The standard InChI is InChI=1S/C13H21N3OS/c1-2-12-14-13(18-15-12)16-8-4-6-10(16)9-5-3-7-11(9)17/h9-11,17H,2-8H2,1H3/t9-,10+,11+/m0/s1. The number of aromatic nitrogens is 2. The van der Waals surface area contributed by atoms with Crippen LogP contribution in [0.4, 0.5) is 5.13 Å². The molecule has 1 aromatic heterocycles. The highest BCUT2D eigenvalue weighted by atomic mass is 32.1. The summed E-state index contributed by atoms with van der Waals surface area (Å²) in [6.07, 6.45) is 6.53. The van der Waals surface area contributed by atoms with Gasteiger partial charge in [0.1, 0.15) is 5.82 Å². The van der Waals surface area contributed by atoms with Crippen molar-refractivity contribution in [1.82, 2.24) is 9.36 Å². The molecule has 2 heterocycles. The second-order valence-electron chi connectivity index (χ2n) is 5.41. The molecule has 100 valence electrons. The molecule has 0 radical (unpaired) electrons. The lowest BCUT2D eigenvalue weighted by Crippen LogP contribution is -2.38. The van der Waals surface area contributed by atoms with E-state index in [1.165, 1.54) is 37.2 Å². The Morgan fingerprint density at radius 3 is 2.89 bits per heavy atom. The van der Waals surface area contributed by atoms with E-state index in [9.17, 15) is 5.11 Å². The molecular weight excluding hydrogens is 246 g/mol. The Kier molecular flexibility index (Phi) is 3.52. The van der Waals surface area contributed by atoms with Crippen molar-refractivity contribution in [2.24, 2.45) is 5.92 Å². The topological polar surface area (TPSA) is 49.2 Å². The van der Waals surface area contributed by atoms with Crippen LogP contribution in [0, 0.1) is 5.92 Å². The molecule has 0 bridgehead atoms. The molecule has 3 rings (SSSR count). The van der Waals surface area contributed by atoms with Gasteiger partial charge in [0, 0.05) is 36.5 Å². The van der Waals surface area contributed by atoms with Crippen LogP contribution in [-0.2, 0) is 6.42 Å². The van der Waals surface area contributed by atoms with Gasteiger partial charge >= 0.3 is 0 Å². The Morgan fingerprint density at radius 2 is 2.22 bits per heavy atom. The summed E-state index contributed by atoms with van der Waals surface area (Å²) in [6.45, 7) is 3.17. The summed E-state index contributed by atoms with van der Waals surface area (Å²) in [5.41, 5.74) is 0. The van der Waals surface area contributed by atoms with Crippen molar-refractivity contribution in [1.29, 1.82) is 0 Å². The average Bonchev–Trinajstić information content (AvgIpc) is 3.06. The zero-order valence-corrected chi connectivity index (χ0v) is 11.7. The maximum atomic E-state index is 10.1. The summed E-state index contributed by atoms with van der Waals surface area (Å²) in [5.74, 6) is 1.40. The van der Waals surface area contributed by atoms with Gasteiger partial charge in [0.25, 0.3) is 0 Å². The van der Waals surface area contributed by atoms with E-state index in [2.05, 4.69) is 21.2 Å². The van der Waals surface area contributed by atoms with E-state index in [4.69, 9.17) is 0 Å². The highest BCUT2D eigenvalue weighted by Crippen LogP contribution is 2.38. The number of aliphatic hydroxyl groups is 1. The first-order valence-corrected chi connectivity index (χ1v) is 7.84. The minimum Gasteiger partial charge on any atom is -0.393 e. The Bertz CT molecular complexity index is 409. The zero-order chi connectivity index (χ0) is 12.5. The quantitative estimate of drug-likeness (QED) is 0.912. The van der Waals surface area contributed by atoms with Crippen LogP contribution in [-0.4, -0.2) is 33.2 Å². The summed E-state index contributed by atoms with van der Waals surface area (Å²) < 4.78 is 4.39. The molecule has 4 nitrogen and oxygen atoms in total. The van der Waals surface area contributed by atoms with Gasteiger partial charge in [-0.05, 0) is 25.7 Å². The minimum atomic E-state index is -0.103. The first kappa shape index (κ1) is 12.4. The molecule has 0 aromatic carbocycles. The number of aliphatic hydroxyl groups excluding tert-OH is 1. The molecule has 2 aliphatic rings. The first-order valence-electron chi connectivity index (χ1n) is 7.07. The van der Waals surface area contributed by atoms with Gasteiger partial charge in [0.2, 0.25) is 5.13 Å². The van der Waals surface area contributed by atoms with Gasteiger partial charge in [-0.3, -0.25) is 0 Å². The van der Waals surface area contributed by atoms with Crippen LogP contribution < -0.4 is 4.90 Å². The molecule has 1 aromatic rings. The fourth-order valence-electron chi connectivity index (χ4n) is 3.40. The second-order valence-corrected chi connectivity index (χ2v) is 6.14. The summed E-state index contributed by atoms with van der Waals surface area (Å²) >= 11 is 1.52. The third kappa shape index (κ3) is 2.14. The van der Waals surface area contributed by atoms with Crippen molar-refractivity contribution in [2.75, 3.05) is 11.4 Å². The van der Waals surface area contributed by atoms with Gasteiger partial charge < -0.3 is 10.0 Å². The maximum absolute atomic E-state index is 10.1. The van der Waals surface area contributed by atoms with Crippen LogP contribution in [0.2, 0.25) is 0 Å². The van der Waals surface area contributed by atoms with Crippen molar-refractivity contribution >= 4 is 16.7 Å². The highest BCUT2D eigenvalue weighted by Gasteiger charge is 2.39. The molecule has 5 heteroatoms. The van der Waals surface area contributed by atoms with E-state index in [1.54, 1.807) is 0 Å². The number of nitrogens with zero attached hydrogens (tertiary/aromatic N) is 3. The number of rotatable bonds is 3. The Hall–Kier alpha value is -0.680. The van der Waals surface area contributed by atoms with Crippen LogP contribution in [0.15, 0.2) is 0 Å². The smallest absolute Gasteiger partial charge is 0.205 e. The monoisotopic (exact) mass is 267 g/mol. The summed E-state index contributed by atoms with van der Waals surface area (Å²) in [5, 5.41) is 11.2. The summed E-state index contributed by atoms with van der Waals surface area (Å²) in [6, 6.07) is 0.486. The largest absolute Gasteiger partial charge is 0.393 e. The first-order chi connectivity index (χ1) is 8.79. The van der Waals surface area contributed by atoms with Crippen LogP contribution >= 0.6 is 11.5 Å². The number of hydrogen-bond acceptors (Lipinski definition) is 5. The lowest BCUT2D eigenvalue weighted by atomic mass is 9.94. The van der Waals surface area contributed by atoms with Crippen LogP contribution in [0.25, 0.3) is 0 Å². The van der Waals surface area contributed by atoms with Crippen LogP contribution in [0.3, 0.4) is 0 Å². The minimum absolute atomic E-state index is 0.103. The number of hydrogen-bond donors (Lipinski definition) is 1. The number of aryl methyl sites for hydroxylation is 1. The Labute approximate surface area is 112 Å². The van der Waals surface area contributed by atoms with Gasteiger partial charge in [-0.15, -0.1) is 0 Å². The molecule has 0 amide bonds. The molecule has 18 heavy (non-hydrogen) atoms. The van der Waals surface area contributed by atoms with E-state index in [-0.39, 0.29) is 6.10 Å². The molecule has 1 N–H and O–H groups in total. The zero-order valence-electron chi connectivity index (χ0n) is 10.9. The van der Waals surface area contributed by atoms with Crippen molar-refractivity contribution in [3.05, 3.63) is 5.82 Å². The Morgan fingerprint density at radius 1 is 1.33 bits per heavy atom. The number of anilines is 1. The van der Waals surface area contributed by atoms with E-state index in [0.29, 0.717) is 12.0 Å². The van der Waals surface area contributed by atoms with Gasteiger partial charge in [-0.1, -0.05) is 13.3 Å². The summed E-state index contributed by atoms with van der Waals surface area (Å²) in [7, 11) is 0. The van der Waals surface area contributed by atoms with Gasteiger partial charge in [0.15, 0.2) is 0 Å². The molecule has 0 spiro atoms. The van der Waals surface area contributed by atoms with Gasteiger partial charge in [0.05, 0.1) is 6.10 Å². The fraction of sp³-hybridized carbons (Fsp3) is 0.846. The molecule has 0 unspecified atom stereocenters. The van der Waals surface area contributed by atoms with Crippen molar-refractivity contribution in [3.8, 4) is 0 Å². The molecule has 1 saturated carbocycles. The lowest BCUT2D eigenvalue weighted by molar-refractivity contribution is 0.119. The molecule has 1 aliphatic heterocycles. The second kappa shape index (κ2) is 5.13. The normalized spacial score (nSPS) is 32.3. The van der Waals surface area contributed by atoms with Crippen LogP contribution in [0.5, 0.6) is 0 Å². The van der Waals surface area contributed by atoms with E-state index in [0.717, 1.165) is 30.3 Å². The molecule has 3 atom stereocenters. The predicted octanol–water partition coefficient (Wildman–Crippen LogP) is 2.23. The maximum Gasteiger partial charge on any atom is 0.205 e. The third-order valence-corrected chi connectivity index (χ3v) is 5.14. The third-order valence-electron chi connectivity index (χ3n) is 4.34. The molecular formula is C13H21N3OS. The SMILES string of the molecule is CCc1nsc(N2CCC[C@@H]2[C@@H]2CCC[C@H]2O)n1.